The van der Waals surface area contributed by atoms with Gasteiger partial charge in [-0.1, -0.05) is 0 Å². The van der Waals surface area contributed by atoms with E-state index in [1.54, 1.807) is 6.92 Å². The van der Waals surface area contributed by atoms with Gasteiger partial charge in [-0.25, -0.2) is 8.78 Å². The van der Waals surface area contributed by atoms with Crippen molar-refractivity contribution in [3.05, 3.63) is 39.4 Å². The van der Waals surface area contributed by atoms with Crippen LogP contribution in [0.5, 0.6) is 0 Å². The molecule has 1 aromatic carbocycles. The van der Waals surface area contributed by atoms with Crippen LogP contribution in [-0.2, 0) is 0 Å². The molecule has 6 nitrogen and oxygen atoms in total. The molecule has 0 saturated heterocycles. The van der Waals surface area contributed by atoms with Crippen LogP contribution in [0.1, 0.15) is 15.9 Å². The smallest absolute Gasteiger partial charge is 0.277 e. The Morgan fingerprint density at radius 2 is 2.11 bits per heavy atom. The average Bonchev–Trinajstić information content (AvgIpc) is 2.35. The van der Waals surface area contributed by atoms with Crippen LogP contribution in [-0.4, -0.2) is 29.8 Å². The van der Waals surface area contributed by atoms with Crippen LogP contribution < -0.4 is 11.1 Å². The number of benzene rings is 1. The minimum Gasteiger partial charge on any atom is -0.346 e. The minimum absolute atomic E-state index is 0.0421. The van der Waals surface area contributed by atoms with Crippen molar-refractivity contribution in [1.82, 2.24) is 5.32 Å². The topological polar surface area (TPSA) is 98.3 Å². The van der Waals surface area contributed by atoms with Gasteiger partial charge in [0.15, 0.2) is 0 Å². The Hall–Kier alpha value is -2.09. The zero-order valence-corrected chi connectivity index (χ0v) is 10.2. The van der Waals surface area contributed by atoms with Gasteiger partial charge >= 0.3 is 0 Å². The molecule has 0 heterocycles. The molecule has 104 valence electrons. The van der Waals surface area contributed by atoms with E-state index < -0.39 is 29.8 Å². The van der Waals surface area contributed by atoms with Gasteiger partial charge in [0.05, 0.1) is 18.0 Å². The number of nitrogens with zero attached hydrogens (tertiary/aromatic N) is 1. The van der Waals surface area contributed by atoms with Crippen LogP contribution in [0, 0.1) is 17.0 Å². The lowest BCUT2D eigenvalue weighted by atomic mass is 10.1. The Kier molecular flexibility index (Phi) is 4.49. The first kappa shape index (κ1) is 15.0. The highest BCUT2D eigenvalue weighted by Gasteiger charge is 2.27. The van der Waals surface area contributed by atoms with E-state index in [4.69, 9.17) is 5.73 Å². The molecular weight excluding hydrogens is 260 g/mol. The molecule has 1 amide bonds. The first-order valence-corrected chi connectivity index (χ1v) is 5.37. The highest BCUT2D eigenvalue weighted by atomic mass is 19.3. The average molecular weight is 273 g/mol. The molecule has 0 unspecified atom stereocenters. The van der Waals surface area contributed by atoms with Crippen LogP contribution in [0.15, 0.2) is 18.2 Å². The summed E-state index contributed by atoms with van der Waals surface area (Å²) in [6, 6.07) is 3.69. The first-order valence-electron chi connectivity index (χ1n) is 5.37. The van der Waals surface area contributed by atoms with Crippen molar-refractivity contribution >= 4 is 11.6 Å². The molecule has 8 heteroatoms. The van der Waals surface area contributed by atoms with E-state index in [9.17, 15) is 23.7 Å². The maximum atomic E-state index is 12.9. The number of alkyl halides is 2. The quantitative estimate of drug-likeness (QED) is 0.622. The van der Waals surface area contributed by atoms with E-state index in [0.29, 0.717) is 5.56 Å². The highest BCUT2D eigenvalue weighted by molar-refractivity contribution is 5.95. The van der Waals surface area contributed by atoms with Gasteiger partial charge in [-0.2, -0.15) is 0 Å². The van der Waals surface area contributed by atoms with Gasteiger partial charge in [0.2, 0.25) is 0 Å². The number of aryl methyl sites for hydroxylation is 1. The van der Waals surface area contributed by atoms with E-state index in [0.717, 1.165) is 6.07 Å². The van der Waals surface area contributed by atoms with Crippen LogP contribution in [0.2, 0.25) is 0 Å². The lowest BCUT2D eigenvalue weighted by molar-refractivity contribution is -0.384. The molecule has 0 bridgehead atoms. The summed E-state index contributed by atoms with van der Waals surface area (Å²) in [4.78, 5) is 21.6. The third kappa shape index (κ3) is 4.25. The van der Waals surface area contributed by atoms with Crippen LogP contribution in [0.25, 0.3) is 0 Å². The predicted octanol–water partition coefficient (Wildman–Crippen LogP) is 1.23. The zero-order chi connectivity index (χ0) is 14.6. The number of nitro groups is 1. The van der Waals surface area contributed by atoms with E-state index in [1.807, 2.05) is 5.32 Å². The molecule has 0 radical (unpaired) electrons. The molecule has 1 rings (SSSR count). The Bertz CT molecular complexity index is 506. The molecule has 0 aliphatic rings. The van der Waals surface area contributed by atoms with Crippen molar-refractivity contribution in [2.45, 2.75) is 12.8 Å². The molecule has 19 heavy (non-hydrogen) atoms. The van der Waals surface area contributed by atoms with Crippen molar-refractivity contribution < 1.29 is 18.5 Å². The predicted molar refractivity (Wildman–Crippen MR) is 64.2 cm³/mol. The monoisotopic (exact) mass is 273 g/mol. The third-order valence-electron chi connectivity index (χ3n) is 2.34. The van der Waals surface area contributed by atoms with Gasteiger partial charge < -0.3 is 11.1 Å². The molecule has 1 aromatic rings. The Labute approximate surface area is 107 Å². The normalized spacial score (nSPS) is 11.2. The third-order valence-corrected chi connectivity index (χ3v) is 2.34. The number of hydrogen-bond acceptors (Lipinski definition) is 4. The number of amides is 1. The fourth-order valence-electron chi connectivity index (χ4n) is 1.38. The summed E-state index contributed by atoms with van der Waals surface area (Å²) in [5.41, 5.74) is 5.01. The van der Waals surface area contributed by atoms with Gasteiger partial charge in [0.1, 0.15) is 0 Å². The summed E-state index contributed by atoms with van der Waals surface area (Å²) in [5.74, 6) is -4.01. The Morgan fingerprint density at radius 3 is 2.63 bits per heavy atom. The second kappa shape index (κ2) is 5.70. The summed E-state index contributed by atoms with van der Waals surface area (Å²) < 4.78 is 25.7. The SMILES string of the molecule is Cc1cc(C(=O)NCC(F)(F)CN)cc([N+](=O)[O-])c1. The molecule has 0 saturated carbocycles. The highest BCUT2D eigenvalue weighted by Crippen LogP contribution is 2.17. The van der Waals surface area contributed by atoms with Crippen molar-refractivity contribution in [3.8, 4) is 0 Å². The molecule has 0 aliphatic carbocycles. The second-order valence-corrected chi connectivity index (χ2v) is 4.06. The van der Waals surface area contributed by atoms with Crippen molar-refractivity contribution in [2.75, 3.05) is 13.1 Å². The summed E-state index contributed by atoms with van der Waals surface area (Å²) in [7, 11) is 0. The van der Waals surface area contributed by atoms with Gasteiger partial charge in [-0.3, -0.25) is 14.9 Å². The molecule has 0 aromatic heterocycles. The van der Waals surface area contributed by atoms with Crippen molar-refractivity contribution in [1.29, 1.82) is 0 Å². The lowest BCUT2D eigenvalue weighted by Crippen LogP contribution is -2.41. The number of nitrogens with one attached hydrogen (secondary N) is 1. The van der Waals surface area contributed by atoms with Gasteiger partial charge in [-0.15, -0.1) is 0 Å². The number of halogens is 2. The fraction of sp³-hybridized carbons (Fsp3) is 0.364. The Balaban J connectivity index is 2.85. The van der Waals surface area contributed by atoms with Crippen LogP contribution in [0.4, 0.5) is 14.5 Å². The lowest BCUT2D eigenvalue weighted by Gasteiger charge is -2.14. The molecular formula is C11H13F2N3O3. The molecule has 0 fully saturated rings. The maximum absolute atomic E-state index is 12.9. The zero-order valence-electron chi connectivity index (χ0n) is 10.2. The molecule has 0 atom stereocenters. The van der Waals surface area contributed by atoms with Gasteiger partial charge in [-0.05, 0) is 18.6 Å². The van der Waals surface area contributed by atoms with Gasteiger partial charge in [0.25, 0.3) is 17.5 Å². The van der Waals surface area contributed by atoms with Crippen molar-refractivity contribution in [3.63, 3.8) is 0 Å². The summed E-state index contributed by atoms with van der Waals surface area (Å²) >= 11 is 0. The van der Waals surface area contributed by atoms with Crippen LogP contribution >= 0.6 is 0 Å². The summed E-state index contributed by atoms with van der Waals surface area (Å²) in [6.07, 6.45) is 0. The number of nitrogens with two attached hydrogens (primary N) is 1. The number of hydrogen-bond donors (Lipinski definition) is 2. The Morgan fingerprint density at radius 1 is 1.47 bits per heavy atom. The maximum Gasteiger partial charge on any atom is 0.277 e. The standard InChI is InChI=1S/C11H13F2N3O3/c1-7-2-8(4-9(3-7)16(18)19)10(17)15-6-11(12,13)5-14/h2-4H,5-6,14H2,1H3,(H,15,17). The first-order chi connectivity index (χ1) is 8.75. The number of nitro benzene ring substituents is 1. The number of carbonyl (C=O) groups excluding carboxylic acids is 1. The van der Waals surface area contributed by atoms with Crippen molar-refractivity contribution in [2.24, 2.45) is 5.73 Å². The number of rotatable bonds is 5. The largest absolute Gasteiger partial charge is 0.346 e. The number of non-ortho nitro benzene ring substituents is 1. The van der Waals surface area contributed by atoms with E-state index >= 15 is 0 Å². The fourth-order valence-corrected chi connectivity index (χ4v) is 1.38. The second-order valence-electron chi connectivity index (χ2n) is 4.06. The summed E-state index contributed by atoms with van der Waals surface area (Å²) in [6.45, 7) is -0.233. The van der Waals surface area contributed by atoms with E-state index in [2.05, 4.69) is 0 Å². The minimum atomic E-state index is -3.20. The van der Waals surface area contributed by atoms with Crippen LogP contribution in [0.3, 0.4) is 0 Å². The molecule has 0 aliphatic heterocycles. The van der Waals surface area contributed by atoms with Gasteiger partial charge in [0, 0.05) is 17.7 Å². The molecule has 3 N–H and O–H groups in total. The summed E-state index contributed by atoms with van der Waals surface area (Å²) in [5, 5.41) is 12.6. The molecule has 0 spiro atoms. The van der Waals surface area contributed by atoms with E-state index in [1.165, 1.54) is 12.1 Å². The van der Waals surface area contributed by atoms with E-state index in [-0.39, 0.29) is 11.3 Å². The number of carbonyl (C=O) groups is 1.